The summed E-state index contributed by atoms with van der Waals surface area (Å²) in [6, 6.07) is 9.26. The molecule has 2 aromatic rings. The second-order valence-corrected chi connectivity index (χ2v) is 8.99. The Morgan fingerprint density at radius 2 is 1.66 bits per heavy atom. The van der Waals surface area contributed by atoms with Crippen LogP contribution in [0.15, 0.2) is 55.1 Å². The smallest absolute Gasteiger partial charge is 0.419 e. The fraction of sp³-hybridized carbons (Fsp3) is 0.423. The molecule has 2 aliphatic rings. The summed E-state index contributed by atoms with van der Waals surface area (Å²) in [5.41, 5.74) is 0.0648. The van der Waals surface area contributed by atoms with Crippen LogP contribution in [-0.4, -0.2) is 5.97 Å². The zero-order chi connectivity index (χ0) is 22.9. The molecule has 32 heavy (non-hydrogen) atoms. The summed E-state index contributed by atoms with van der Waals surface area (Å²) in [6.45, 7) is 3.95. The number of hydrogen-bond donors (Lipinski definition) is 0. The second kappa shape index (κ2) is 9.08. The second-order valence-electron chi connectivity index (χ2n) is 8.99. The van der Waals surface area contributed by atoms with Crippen molar-refractivity contribution in [1.82, 2.24) is 0 Å². The van der Waals surface area contributed by atoms with Gasteiger partial charge in [-0.1, -0.05) is 18.2 Å². The molecule has 2 saturated carbocycles. The maximum atomic E-state index is 13.7. The van der Waals surface area contributed by atoms with Gasteiger partial charge in [-0.15, -0.1) is 6.58 Å². The summed E-state index contributed by atoms with van der Waals surface area (Å²) in [5.74, 6) is 0.156. The van der Waals surface area contributed by atoms with Crippen molar-refractivity contribution in [3.8, 4) is 5.75 Å². The third-order valence-corrected chi connectivity index (χ3v) is 7.06. The van der Waals surface area contributed by atoms with E-state index >= 15 is 0 Å². The molecule has 0 bridgehead atoms. The normalized spacial score (nSPS) is 25.6. The van der Waals surface area contributed by atoms with E-state index < -0.39 is 23.5 Å². The Morgan fingerprint density at radius 1 is 0.969 bits per heavy atom. The van der Waals surface area contributed by atoms with Crippen LogP contribution in [0.25, 0.3) is 0 Å². The van der Waals surface area contributed by atoms with Gasteiger partial charge in [0.1, 0.15) is 11.6 Å². The largest absolute Gasteiger partial charge is 0.423 e. The van der Waals surface area contributed by atoms with Gasteiger partial charge in [-0.2, -0.15) is 13.2 Å². The molecule has 6 heteroatoms. The van der Waals surface area contributed by atoms with Crippen LogP contribution in [0.2, 0.25) is 0 Å². The zero-order valence-corrected chi connectivity index (χ0v) is 17.7. The van der Waals surface area contributed by atoms with Crippen LogP contribution in [0.1, 0.15) is 65.9 Å². The Labute approximate surface area is 185 Å². The SMILES string of the molecule is C=CC1CCC2CC(c3ccc(C(=O)Oc4ccc(C(F)(F)F)c(F)c4)cc3)CCC2C1. The first-order chi connectivity index (χ1) is 15.2. The molecule has 0 radical (unpaired) electrons. The number of alkyl halides is 3. The molecule has 0 N–H and O–H groups in total. The van der Waals surface area contributed by atoms with Gasteiger partial charge in [-0.25, -0.2) is 9.18 Å². The van der Waals surface area contributed by atoms with E-state index in [1.54, 1.807) is 12.1 Å². The van der Waals surface area contributed by atoms with Gasteiger partial charge in [0.2, 0.25) is 0 Å². The highest BCUT2D eigenvalue weighted by molar-refractivity contribution is 5.91. The number of halogens is 4. The summed E-state index contributed by atoms with van der Waals surface area (Å²) in [4.78, 5) is 12.4. The van der Waals surface area contributed by atoms with E-state index in [4.69, 9.17) is 4.74 Å². The number of benzene rings is 2. The molecule has 0 aliphatic heterocycles. The molecule has 4 atom stereocenters. The summed E-state index contributed by atoms with van der Waals surface area (Å²) < 4.78 is 56.8. The first kappa shape index (κ1) is 22.6. The van der Waals surface area contributed by atoms with Gasteiger partial charge >= 0.3 is 12.1 Å². The number of hydrogen-bond acceptors (Lipinski definition) is 2. The average Bonchev–Trinajstić information content (AvgIpc) is 2.77. The molecule has 0 saturated heterocycles. The molecular formula is C26H26F4O2. The van der Waals surface area contributed by atoms with Crippen molar-refractivity contribution in [1.29, 1.82) is 0 Å². The Bertz CT molecular complexity index is 980. The minimum Gasteiger partial charge on any atom is -0.423 e. The third kappa shape index (κ3) is 4.89. The molecule has 2 nitrogen and oxygen atoms in total. The van der Waals surface area contributed by atoms with Crippen LogP contribution in [0.3, 0.4) is 0 Å². The van der Waals surface area contributed by atoms with Crippen LogP contribution in [0.5, 0.6) is 5.75 Å². The fourth-order valence-electron chi connectivity index (χ4n) is 5.29. The molecule has 0 aromatic heterocycles. The molecule has 2 aliphatic carbocycles. The van der Waals surface area contributed by atoms with E-state index in [0.29, 0.717) is 24.0 Å². The summed E-state index contributed by atoms with van der Waals surface area (Å²) >= 11 is 0. The van der Waals surface area contributed by atoms with Gasteiger partial charge in [-0.05, 0) is 92.0 Å². The Hall–Kier alpha value is -2.63. The third-order valence-electron chi connectivity index (χ3n) is 7.06. The molecular weight excluding hydrogens is 420 g/mol. The number of esters is 1. The van der Waals surface area contributed by atoms with E-state index in [9.17, 15) is 22.4 Å². The zero-order valence-electron chi connectivity index (χ0n) is 17.7. The number of rotatable bonds is 4. The van der Waals surface area contributed by atoms with Crippen molar-refractivity contribution in [3.05, 3.63) is 77.6 Å². The first-order valence-corrected chi connectivity index (χ1v) is 11.1. The Kier molecular flexibility index (Phi) is 6.40. The first-order valence-electron chi connectivity index (χ1n) is 11.1. The highest BCUT2D eigenvalue weighted by Gasteiger charge is 2.36. The van der Waals surface area contributed by atoms with Gasteiger partial charge in [0.05, 0.1) is 11.1 Å². The lowest BCUT2D eigenvalue weighted by atomic mass is 9.64. The summed E-state index contributed by atoms with van der Waals surface area (Å²) in [7, 11) is 0. The van der Waals surface area contributed by atoms with E-state index in [1.807, 2.05) is 12.1 Å². The standard InChI is InChI=1S/C26H26F4O2/c1-2-16-3-4-21-14-20(10-9-19(21)13-16)17-5-7-18(8-6-17)25(31)32-22-11-12-23(24(27)15-22)26(28,29)30/h2,5-8,11-12,15-16,19-21H,1,3-4,9-10,13-14H2. The number of fused-ring (bicyclic) bond motifs is 1. The lowest BCUT2D eigenvalue weighted by Gasteiger charge is -2.41. The van der Waals surface area contributed by atoms with Gasteiger partial charge < -0.3 is 4.74 Å². The summed E-state index contributed by atoms with van der Waals surface area (Å²) in [6.07, 6.45) is 4.49. The maximum absolute atomic E-state index is 13.7. The predicted octanol–water partition coefficient (Wildman–Crippen LogP) is 7.55. The molecule has 2 aromatic carbocycles. The van der Waals surface area contributed by atoms with Gasteiger partial charge in [0, 0.05) is 6.07 Å². The lowest BCUT2D eigenvalue weighted by Crippen LogP contribution is -2.29. The van der Waals surface area contributed by atoms with Gasteiger partial charge in [-0.3, -0.25) is 0 Å². The van der Waals surface area contributed by atoms with Gasteiger partial charge in [0.25, 0.3) is 0 Å². The number of carbonyl (C=O) groups is 1. The lowest BCUT2D eigenvalue weighted by molar-refractivity contribution is -0.140. The highest BCUT2D eigenvalue weighted by atomic mass is 19.4. The van der Waals surface area contributed by atoms with Crippen LogP contribution in [-0.2, 0) is 6.18 Å². The van der Waals surface area contributed by atoms with Crippen molar-refractivity contribution < 1.29 is 27.1 Å². The minimum atomic E-state index is -4.80. The quantitative estimate of drug-likeness (QED) is 0.210. The van der Waals surface area contributed by atoms with Crippen LogP contribution in [0.4, 0.5) is 17.6 Å². The monoisotopic (exact) mass is 446 g/mol. The van der Waals surface area contributed by atoms with Crippen molar-refractivity contribution in [3.63, 3.8) is 0 Å². The Morgan fingerprint density at radius 3 is 2.31 bits per heavy atom. The predicted molar refractivity (Wildman–Crippen MR) is 114 cm³/mol. The van der Waals surface area contributed by atoms with E-state index in [-0.39, 0.29) is 11.3 Å². The van der Waals surface area contributed by atoms with Gasteiger partial charge in [0.15, 0.2) is 0 Å². The topological polar surface area (TPSA) is 26.3 Å². The minimum absolute atomic E-state index is 0.266. The van der Waals surface area contributed by atoms with E-state index in [1.165, 1.54) is 31.2 Å². The van der Waals surface area contributed by atoms with Crippen LogP contribution in [0, 0.1) is 23.6 Å². The maximum Gasteiger partial charge on any atom is 0.419 e. The summed E-state index contributed by atoms with van der Waals surface area (Å²) in [5, 5.41) is 0. The Balaban J connectivity index is 1.38. The molecule has 4 unspecified atom stereocenters. The molecule has 4 rings (SSSR count). The van der Waals surface area contributed by atoms with E-state index in [0.717, 1.165) is 30.7 Å². The molecule has 0 amide bonds. The van der Waals surface area contributed by atoms with E-state index in [2.05, 4.69) is 12.7 Å². The average molecular weight is 446 g/mol. The highest BCUT2D eigenvalue weighted by Crippen LogP contribution is 2.47. The molecule has 0 spiro atoms. The fourth-order valence-corrected chi connectivity index (χ4v) is 5.29. The number of carbonyl (C=O) groups excluding carboxylic acids is 1. The van der Waals surface area contributed by atoms with Crippen molar-refractivity contribution in [2.75, 3.05) is 0 Å². The molecule has 2 fully saturated rings. The van der Waals surface area contributed by atoms with Crippen molar-refractivity contribution in [2.45, 2.75) is 50.6 Å². The van der Waals surface area contributed by atoms with Crippen LogP contribution >= 0.6 is 0 Å². The van der Waals surface area contributed by atoms with Crippen molar-refractivity contribution in [2.24, 2.45) is 17.8 Å². The van der Waals surface area contributed by atoms with Crippen molar-refractivity contribution >= 4 is 5.97 Å². The molecule has 170 valence electrons. The number of allylic oxidation sites excluding steroid dienone is 1. The molecule has 0 heterocycles. The van der Waals surface area contributed by atoms with Crippen LogP contribution < -0.4 is 4.74 Å². The number of ether oxygens (including phenoxy) is 1.